The van der Waals surface area contributed by atoms with Gasteiger partial charge in [-0.15, -0.1) is 0 Å². The lowest BCUT2D eigenvalue weighted by Gasteiger charge is -2.25. The lowest BCUT2D eigenvalue weighted by Crippen LogP contribution is -2.50. The van der Waals surface area contributed by atoms with Crippen molar-refractivity contribution in [3.63, 3.8) is 0 Å². The summed E-state index contributed by atoms with van der Waals surface area (Å²) >= 11 is 0. The van der Waals surface area contributed by atoms with E-state index in [-0.39, 0.29) is 42.8 Å². The van der Waals surface area contributed by atoms with Gasteiger partial charge in [0.1, 0.15) is 12.1 Å². The molecule has 17 nitrogen and oxygen atoms in total. The molecule has 0 spiro atoms. The fraction of sp³-hybridized carbons (Fsp3) is 0.800. The van der Waals surface area contributed by atoms with E-state index in [1.54, 1.807) is 0 Å². The van der Waals surface area contributed by atoms with Crippen LogP contribution in [0.5, 0.6) is 0 Å². The highest BCUT2D eigenvalue weighted by atomic mass is 16.3. The molecule has 0 saturated carbocycles. The van der Waals surface area contributed by atoms with Crippen LogP contribution in [0.4, 0.5) is 0 Å². The quantitative estimate of drug-likeness (QED) is 0.0405. The Hall–Kier alpha value is -4.06. The molecule has 17 heteroatoms. The zero-order valence-corrected chi connectivity index (χ0v) is 41.6. The predicted octanol–water partition coefficient (Wildman–Crippen LogP) is 4.65. The molecule has 11 N–H and O–H groups in total. The molecule has 0 fully saturated rings. The third kappa shape index (κ3) is 27.5. The van der Waals surface area contributed by atoms with Crippen LogP contribution in [-0.4, -0.2) is 113 Å². The van der Waals surface area contributed by atoms with E-state index in [2.05, 4.69) is 38.2 Å². The maximum absolute atomic E-state index is 13.9. The monoisotopic (exact) mass is 947 g/mol. The minimum absolute atomic E-state index is 0.0186. The van der Waals surface area contributed by atoms with Crippen molar-refractivity contribution >= 4 is 41.0 Å². The highest BCUT2D eigenvalue weighted by Crippen LogP contribution is 2.21. The van der Waals surface area contributed by atoms with Crippen molar-refractivity contribution in [1.29, 1.82) is 0 Å². The number of Topliss-reactive ketones (excluding diaryl/α,β-unsaturated/α-hetero) is 3. The van der Waals surface area contributed by atoms with E-state index in [4.69, 9.17) is 11.5 Å². The summed E-state index contributed by atoms with van der Waals surface area (Å²) in [5.74, 6) is -6.16. The second kappa shape index (κ2) is 37.9. The summed E-state index contributed by atoms with van der Waals surface area (Å²) in [6, 6.07) is -3.59. The second-order valence-electron chi connectivity index (χ2n) is 18.8. The molecule has 0 unspecified atom stereocenters. The number of imidazole rings is 1. The van der Waals surface area contributed by atoms with Crippen LogP contribution in [0, 0.1) is 23.7 Å². The number of aliphatic hydroxyl groups excluding tert-OH is 2. The summed E-state index contributed by atoms with van der Waals surface area (Å²) in [5.41, 5.74) is 11.8. The molecule has 0 aliphatic rings. The Bertz CT molecular complexity index is 1540. The molecule has 6 atom stereocenters. The summed E-state index contributed by atoms with van der Waals surface area (Å²) in [6.45, 7) is 5.36. The number of H-pyrrole nitrogens is 1. The van der Waals surface area contributed by atoms with Gasteiger partial charge in [0, 0.05) is 62.9 Å². The van der Waals surface area contributed by atoms with Gasteiger partial charge in [-0.3, -0.25) is 33.6 Å². The highest BCUT2D eigenvalue weighted by Gasteiger charge is 2.34. The van der Waals surface area contributed by atoms with E-state index >= 15 is 0 Å². The number of aromatic nitrogens is 2. The maximum Gasteiger partial charge on any atom is 0.224 e. The number of amides is 4. The van der Waals surface area contributed by atoms with Gasteiger partial charge in [0.05, 0.1) is 31.5 Å². The number of nitrogens with one attached hydrogen (secondary N) is 5. The summed E-state index contributed by atoms with van der Waals surface area (Å²) < 4.78 is 0. The molecule has 0 bridgehead atoms. The molecule has 0 aliphatic heterocycles. The first-order chi connectivity index (χ1) is 32.2. The van der Waals surface area contributed by atoms with Crippen LogP contribution in [0.25, 0.3) is 0 Å². The van der Waals surface area contributed by atoms with Gasteiger partial charge < -0.3 is 47.9 Å². The summed E-state index contributed by atoms with van der Waals surface area (Å²) in [4.78, 5) is 101. The van der Waals surface area contributed by atoms with Crippen molar-refractivity contribution in [2.45, 2.75) is 199 Å². The van der Waals surface area contributed by atoms with Gasteiger partial charge >= 0.3 is 0 Å². The standard InChI is InChI=1S/C50H90N8O9/c1-5-6-7-8-9-10-11-12-13-14-15-16-17-24-47(64)56-41(23-19-21-26-52)44(61)30-38(27-36(2)3)49(66)57-43(34-60)46(63)31-39(28-40-32-54-35-55-40)50(67)58-42(33-59)45(62)29-37(48(65)53-4)22-18-20-25-51/h32,35-39,41-43,59-60H,5-31,33-34,51-52H2,1-4H3,(H,53,65)(H,54,55)(H,56,64)(H,57,66)(H,58,67)/t37-,38-,39-,41+,42+,43+/m1/s1. The molecule has 1 aromatic heterocycles. The fourth-order valence-corrected chi connectivity index (χ4v) is 8.40. The Labute approximate surface area is 401 Å². The summed E-state index contributed by atoms with van der Waals surface area (Å²) in [6.07, 6.45) is 21.3. The largest absolute Gasteiger partial charge is 0.394 e. The van der Waals surface area contributed by atoms with Crippen LogP contribution in [0.15, 0.2) is 12.5 Å². The number of carbonyl (C=O) groups is 7. The zero-order chi connectivity index (χ0) is 49.8. The van der Waals surface area contributed by atoms with Crippen LogP contribution in [0.3, 0.4) is 0 Å². The summed E-state index contributed by atoms with van der Waals surface area (Å²) in [7, 11) is 1.46. The number of carbonyl (C=O) groups excluding carboxylic acids is 7. The van der Waals surface area contributed by atoms with Crippen molar-refractivity contribution in [2.24, 2.45) is 35.1 Å². The Balaban J connectivity index is 2.98. The first-order valence-electron chi connectivity index (χ1n) is 25.5. The molecular formula is C50H90N8O9. The van der Waals surface area contributed by atoms with E-state index < -0.39 is 78.9 Å². The minimum atomic E-state index is -1.42. The summed E-state index contributed by atoms with van der Waals surface area (Å²) in [5, 5.41) is 31.2. The van der Waals surface area contributed by atoms with Gasteiger partial charge in [-0.1, -0.05) is 104 Å². The zero-order valence-electron chi connectivity index (χ0n) is 41.6. The Morgan fingerprint density at radius 3 is 1.55 bits per heavy atom. The van der Waals surface area contributed by atoms with Crippen molar-refractivity contribution in [2.75, 3.05) is 33.4 Å². The number of rotatable bonds is 43. The van der Waals surface area contributed by atoms with Gasteiger partial charge in [0.25, 0.3) is 0 Å². The predicted molar refractivity (Wildman–Crippen MR) is 261 cm³/mol. The molecule has 67 heavy (non-hydrogen) atoms. The van der Waals surface area contributed by atoms with Gasteiger partial charge in [-0.05, 0) is 64.0 Å². The number of ketones is 3. The number of unbranched alkanes of at least 4 members (excludes halogenated alkanes) is 14. The molecule has 0 aliphatic carbocycles. The maximum atomic E-state index is 13.9. The lowest BCUT2D eigenvalue weighted by atomic mass is 9.88. The van der Waals surface area contributed by atoms with E-state index in [9.17, 15) is 43.8 Å². The molecule has 4 amide bonds. The first kappa shape index (κ1) is 61.0. The molecule has 1 heterocycles. The third-order valence-corrected chi connectivity index (χ3v) is 12.4. The number of hydrogen-bond acceptors (Lipinski definition) is 12. The fourth-order valence-electron chi connectivity index (χ4n) is 8.40. The second-order valence-corrected chi connectivity index (χ2v) is 18.8. The molecule has 384 valence electrons. The molecule has 0 radical (unpaired) electrons. The van der Waals surface area contributed by atoms with Crippen LogP contribution in [0.1, 0.15) is 181 Å². The van der Waals surface area contributed by atoms with Crippen LogP contribution >= 0.6 is 0 Å². The van der Waals surface area contributed by atoms with Gasteiger partial charge in [0.15, 0.2) is 17.3 Å². The lowest BCUT2D eigenvalue weighted by molar-refractivity contribution is -0.136. The number of hydrogen-bond donors (Lipinski definition) is 9. The average molecular weight is 947 g/mol. The SMILES string of the molecule is CCCCCCCCCCCCCCCC(=O)N[C@@H](CCCCN)C(=O)C[C@@H](CC(C)C)C(=O)N[C@@H](CO)C(=O)C[C@@H](Cc1cnc[nH]1)C(=O)N[C@@H](CO)C(=O)C[C@@H](CCCCN)C(=O)NC. The smallest absolute Gasteiger partial charge is 0.224 e. The van der Waals surface area contributed by atoms with Gasteiger partial charge in [0.2, 0.25) is 23.6 Å². The molecule has 1 aromatic rings. The minimum Gasteiger partial charge on any atom is -0.394 e. The van der Waals surface area contributed by atoms with Crippen molar-refractivity contribution < 1.29 is 43.8 Å². The Kier molecular flexibility index (Phi) is 34.5. The van der Waals surface area contributed by atoms with E-state index in [0.29, 0.717) is 70.2 Å². The first-order valence-corrected chi connectivity index (χ1v) is 25.5. The van der Waals surface area contributed by atoms with E-state index in [0.717, 1.165) is 25.7 Å². The van der Waals surface area contributed by atoms with Crippen LogP contribution in [-0.2, 0) is 40.0 Å². The van der Waals surface area contributed by atoms with Crippen molar-refractivity contribution in [1.82, 2.24) is 31.2 Å². The molecule has 0 saturated heterocycles. The van der Waals surface area contributed by atoms with Crippen molar-refractivity contribution in [3.8, 4) is 0 Å². The topological polar surface area (TPSA) is 289 Å². The third-order valence-electron chi connectivity index (χ3n) is 12.4. The number of nitrogens with two attached hydrogens (primary N) is 2. The molecule has 1 rings (SSSR count). The van der Waals surface area contributed by atoms with Crippen LogP contribution in [0.2, 0.25) is 0 Å². The average Bonchev–Trinajstić information content (AvgIpc) is 3.83. The van der Waals surface area contributed by atoms with Gasteiger partial charge in [-0.25, -0.2) is 4.98 Å². The molecule has 0 aromatic carbocycles. The van der Waals surface area contributed by atoms with Gasteiger partial charge in [-0.2, -0.15) is 0 Å². The molecular weight excluding hydrogens is 857 g/mol. The highest BCUT2D eigenvalue weighted by molar-refractivity contribution is 5.97. The number of nitrogens with zero attached hydrogens (tertiary/aromatic N) is 1. The number of aromatic amines is 1. The van der Waals surface area contributed by atoms with Crippen LogP contribution < -0.4 is 32.7 Å². The Morgan fingerprint density at radius 2 is 1.07 bits per heavy atom. The van der Waals surface area contributed by atoms with E-state index in [1.165, 1.54) is 77.4 Å². The number of aliphatic hydroxyl groups is 2. The normalized spacial score (nSPS) is 14.1. The Morgan fingerprint density at radius 1 is 0.597 bits per heavy atom. The van der Waals surface area contributed by atoms with E-state index in [1.807, 2.05) is 13.8 Å². The van der Waals surface area contributed by atoms with Crippen molar-refractivity contribution in [3.05, 3.63) is 18.2 Å².